The molecule has 2 N–H and O–H groups in total. The van der Waals surface area contributed by atoms with Crippen LogP contribution >= 0.6 is 0 Å². The molecular weight excluding hydrogens is 641 g/mol. The Bertz CT molecular complexity index is 1790. The molecule has 2 aromatic carbocycles. The monoisotopic (exact) mass is 670 g/mol. The van der Waals surface area contributed by atoms with Gasteiger partial charge in [0.25, 0.3) is 0 Å². The molecule has 0 saturated heterocycles. The Hall–Kier alpha value is -6.13. The molecule has 2 heterocycles. The van der Waals surface area contributed by atoms with Crippen LogP contribution in [0.5, 0.6) is 46.3 Å². The summed E-state index contributed by atoms with van der Waals surface area (Å²) < 4.78 is 73.4. The van der Waals surface area contributed by atoms with Gasteiger partial charge in [-0.15, -0.1) is 0 Å². The second-order valence-electron chi connectivity index (χ2n) is 9.33. The third-order valence-electron chi connectivity index (χ3n) is 6.53. The van der Waals surface area contributed by atoms with Crippen molar-refractivity contribution in [3.63, 3.8) is 0 Å². The van der Waals surface area contributed by atoms with Crippen LogP contribution in [0.1, 0.15) is 36.9 Å². The molecule has 4 rings (SSSR count). The molecule has 0 radical (unpaired) electrons. The van der Waals surface area contributed by atoms with Gasteiger partial charge < -0.3 is 52.5 Å². The lowest BCUT2D eigenvalue weighted by Crippen LogP contribution is -2.11. The van der Waals surface area contributed by atoms with Gasteiger partial charge in [0.15, 0.2) is 23.0 Å². The largest absolute Gasteiger partial charge is 0.796 e. The van der Waals surface area contributed by atoms with E-state index in [1.54, 1.807) is 0 Å². The number of benzene rings is 2. The minimum Gasteiger partial charge on any atom is -0.503 e. The molecule has 0 spiro atoms. The molecule has 17 heteroatoms. The van der Waals surface area contributed by atoms with Gasteiger partial charge in [-0.25, -0.2) is 18.2 Å². The number of hydrogen-bond donors (Lipinski definition) is 2. The second kappa shape index (κ2) is 15.4. The third-order valence-corrected chi connectivity index (χ3v) is 6.53. The molecule has 252 valence electrons. The van der Waals surface area contributed by atoms with Crippen LogP contribution in [0.2, 0.25) is 0 Å². The van der Waals surface area contributed by atoms with Gasteiger partial charge >= 0.3 is 19.4 Å². The number of methoxy groups -OCH3 is 6. The van der Waals surface area contributed by atoms with E-state index in [-0.39, 0.29) is 68.8 Å². The fourth-order valence-corrected chi connectivity index (χ4v) is 4.34. The van der Waals surface area contributed by atoms with Crippen molar-refractivity contribution >= 4 is 31.0 Å². The quantitative estimate of drug-likeness (QED) is 0.0573. The molecule has 0 amide bonds. The van der Waals surface area contributed by atoms with Crippen LogP contribution in [0.3, 0.4) is 0 Å². The number of carbonyl (C=O) groups is 3. The summed E-state index contributed by atoms with van der Waals surface area (Å²) in [5, 5.41) is 0. The minimum absolute atomic E-state index is 0.0314. The van der Waals surface area contributed by atoms with E-state index in [0.29, 0.717) is 0 Å². The summed E-state index contributed by atoms with van der Waals surface area (Å²) in [5.41, 5.74) is -0.160. The number of carbonyl (C=O) groups excluding carboxylic acids is 3. The highest BCUT2D eigenvalue weighted by Gasteiger charge is 2.24. The maximum atomic E-state index is 13.3. The second-order valence-corrected chi connectivity index (χ2v) is 9.33. The molecule has 0 aliphatic carbocycles. The molecule has 14 nitrogen and oxygen atoms in total. The van der Waals surface area contributed by atoms with Crippen LogP contribution in [0.25, 0.3) is 5.76 Å². The lowest BCUT2D eigenvalue weighted by Gasteiger charge is -2.13. The van der Waals surface area contributed by atoms with Gasteiger partial charge in [-0.2, -0.15) is 0 Å². The topological polar surface area (TPSA) is 166 Å². The molecule has 48 heavy (non-hydrogen) atoms. The Morgan fingerprint density at radius 2 is 1.00 bits per heavy atom. The molecule has 2 aromatic heterocycles. The van der Waals surface area contributed by atoms with E-state index in [0.717, 1.165) is 6.08 Å². The Balaban J connectivity index is 1.51. The predicted octanol–water partition coefficient (Wildman–Crippen LogP) is 5.00. The molecule has 0 aliphatic rings. The molecule has 4 aromatic rings. The number of ketones is 1. The number of allylic oxidation sites excluding steroid dienone is 1. The Morgan fingerprint density at radius 3 is 1.38 bits per heavy atom. The summed E-state index contributed by atoms with van der Waals surface area (Å²) in [6, 6.07) is 10.6. The van der Waals surface area contributed by atoms with Crippen LogP contribution in [-0.2, 0) is 4.65 Å². The summed E-state index contributed by atoms with van der Waals surface area (Å²) >= 11 is 0. The highest BCUT2D eigenvalue weighted by atomic mass is 19.2. The summed E-state index contributed by atoms with van der Waals surface area (Å²) in [6.07, 6.45) is 0.777. The van der Waals surface area contributed by atoms with Gasteiger partial charge in [-0.3, -0.25) is 4.79 Å². The Morgan fingerprint density at radius 1 is 0.604 bits per heavy atom. The highest BCUT2D eigenvalue weighted by Crippen LogP contribution is 2.39. The van der Waals surface area contributed by atoms with Crippen molar-refractivity contribution < 1.29 is 65.6 Å². The summed E-state index contributed by atoms with van der Waals surface area (Å²) in [7, 11) is 5.02. The average molecular weight is 670 g/mol. The van der Waals surface area contributed by atoms with Crippen molar-refractivity contribution in [2.45, 2.75) is 0 Å². The average Bonchev–Trinajstić information content (AvgIpc) is 3.76. The Kier molecular flexibility index (Phi) is 11.2. The summed E-state index contributed by atoms with van der Waals surface area (Å²) in [6.45, 7) is 0. The van der Waals surface area contributed by atoms with E-state index in [1.807, 2.05) is 0 Å². The van der Waals surface area contributed by atoms with E-state index in [1.165, 1.54) is 91.2 Å². The van der Waals surface area contributed by atoms with Crippen LogP contribution in [0.4, 0.5) is 8.63 Å². The smallest absolute Gasteiger partial charge is 0.503 e. The first-order chi connectivity index (χ1) is 23.0. The maximum absolute atomic E-state index is 13.3. The zero-order valence-corrected chi connectivity index (χ0v) is 26.4. The number of H-pyrrole nitrogens is 2. The molecule has 0 unspecified atom stereocenters. The number of aromatic nitrogens is 2. The lowest BCUT2D eigenvalue weighted by atomic mass is 10.2. The summed E-state index contributed by atoms with van der Waals surface area (Å²) in [4.78, 5) is 43.9. The lowest BCUT2D eigenvalue weighted by molar-refractivity contribution is 0.0717. The van der Waals surface area contributed by atoms with Gasteiger partial charge in [0.2, 0.25) is 29.0 Å². The third kappa shape index (κ3) is 7.80. The molecule has 0 saturated carbocycles. The summed E-state index contributed by atoms with van der Waals surface area (Å²) in [5.74, 6) is -1.98. The fraction of sp³-hybridized carbons (Fsp3) is 0.194. The first kappa shape index (κ1) is 34.7. The van der Waals surface area contributed by atoms with Crippen molar-refractivity contribution in [1.82, 2.24) is 9.97 Å². The van der Waals surface area contributed by atoms with E-state index < -0.39 is 31.0 Å². The SMILES string of the molecule is COc1cc(C(=O)Oc2ccc(C(=O)/C=C(\OB(F)F)c3ccc(OC(=O)c4cc(OC)c(OC)c(OC)c4)[nH]3)[nH]2)cc(OC)c1OC. The number of rotatable bonds is 15. The molecule has 0 aliphatic heterocycles. The first-order valence-electron chi connectivity index (χ1n) is 13.7. The van der Waals surface area contributed by atoms with Gasteiger partial charge in [0.05, 0.1) is 65.2 Å². The van der Waals surface area contributed by atoms with Gasteiger partial charge in [-0.05, 0) is 36.4 Å². The van der Waals surface area contributed by atoms with Crippen LogP contribution < -0.4 is 37.9 Å². The van der Waals surface area contributed by atoms with E-state index in [2.05, 4.69) is 14.6 Å². The van der Waals surface area contributed by atoms with E-state index >= 15 is 0 Å². The van der Waals surface area contributed by atoms with Crippen LogP contribution in [-0.4, -0.2) is 77.8 Å². The molecule has 0 bridgehead atoms. The minimum atomic E-state index is -3.31. The predicted molar refractivity (Wildman–Crippen MR) is 165 cm³/mol. The first-order valence-corrected chi connectivity index (χ1v) is 13.7. The maximum Gasteiger partial charge on any atom is 0.796 e. The number of ether oxygens (including phenoxy) is 8. The number of nitrogens with one attached hydrogen (secondary N) is 2. The fourth-order valence-electron chi connectivity index (χ4n) is 4.34. The standard InChI is InChI=1S/C31H29BF2N2O12/c1-40-22-11-16(12-23(41-2)28(22)44-5)30(38)46-26-9-7-18(35-26)20(37)15-21(48-32(33)34)19-8-10-27(36-19)47-31(39)17-13-24(42-3)29(45-6)25(14-17)43-4/h7-15,35-36H,1-6H3/b21-15-. The zero-order valence-electron chi connectivity index (χ0n) is 26.4. The molecule has 0 fully saturated rings. The van der Waals surface area contributed by atoms with E-state index in [9.17, 15) is 23.0 Å². The van der Waals surface area contributed by atoms with Crippen molar-refractivity contribution in [3.8, 4) is 46.3 Å². The van der Waals surface area contributed by atoms with Crippen molar-refractivity contribution in [2.75, 3.05) is 42.7 Å². The van der Waals surface area contributed by atoms with Crippen molar-refractivity contribution in [3.05, 3.63) is 77.1 Å². The van der Waals surface area contributed by atoms with Crippen LogP contribution in [0.15, 0.2) is 54.6 Å². The normalized spacial score (nSPS) is 10.9. The van der Waals surface area contributed by atoms with Gasteiger partial charge in [-0.1, -0.05) is 0 Å². The molecular formula is C31H29BF2N2O12. The van der Waals surface area contributed by atoms with Gasteiger partial charge in [0, 0.05) is 18.2 Å². The van der Waals surface area contributed by atoms with Crippen LogP contribution in [0, 0.1) is 0 Å². The van der Waals surface area contributed by atoms with Crippen molar-refractivity contribution in [2.24, 2.45) is 0 Å². The van der Waals surface area contributed by atoms with Crippen molar-refractivity contribution in [1.29, 1.82) is 0 Å². The number of aromatic amines is 2. The number of hydrogen-bond acceptors (Lipinski definition) is 12. The highest BCUT2D eigenvalue weighted by molar-refractivity contribution is 6.36. The Labute approximate surface area is 272 Å². The number of esters is 2. The number of halogens is 2. The zero-order chi connectivity index (χ0) is 35.0. The van der Waals surface area contributed by atoms with E-state index in [4.69, 9.17) is 37.9 Å². The molecule has 0 atom stereocenters. The van der Waals surface area contributed by atoms with Gasteiger partial charge in [0.1, 0.15) is 5.76 Å².